The number of piperidine rings is 1. The van der Waals surface area contributed by atoms with E-state index < -0.39 is 0 Å². The van der Waals surface area contributed by atoms with Gasteiger partial charge in [-0.05, 0) is 45.8 Å². The number of rotatable bonds is 6. The van der Waals surface area contributed by atoms with Crippen LogP contribution in [0.1, 0.15) is 39.5 Å². The van der Waals surface area contributed by atoms with E-state index in [1.54, 1.807) is 0 Å². The van der Waals surface area contributed by atoms with Gasteiger partial charge in [0, 0.05) is 25.2 Å². The molecular formula is C14H31N3. The molecule has 3 atom stereocenters. The van der Waals surface area contributed by atoms with Crippen molar-refractivity contribution in [2.75, 3.05) is 33.7 Å². The third-order valence-electron chi connectivity index (χ3n) is 4.34. The standard InChI is InChI=1S/C14H31N3/c1-5-7-12(2)14(10-15)17(4)13-8-6-9-16(3)11-13/h12-14H,5-11,15H2,1-4H3. The van der Waals surface area contributed by atoms with Gasteiger partial charge in [0.2, 0.25) is 0 Å². The van der Waals surface area contributed by atoms with Crippen molar-refractivity contribution in [2.24, 2.45) is 11.7 Å². The Kier molecular flexibility index (Phi) is 6.45. The lowest BCUT2D eigenvalue weighted by Crippen LogP contribution is -2.53. The highest BCUT2D eigenvalue weighted by molar-refractivity contribution is 4.84. The number of nitrogens with two attached hydrogens (primary N) is 1. The molecule has 0 aromatic heterocycles. The topological polar surface area (TPSA) is 32.5 Å². The zero-order valence-corrected chi connectivity index (χ0v) is 12.2. The van der Waals surface area contributed by atoms with E-state index in [0.717, 1.165) is 6.54 Å². The van der Waals surface area contributed by atoms with E-state index in [-0.39, 0.29) is 0 Å². The van der Waals surface area contributed by atoms with Gasteiger partial charge in [-0.1, -0.05) is 20.3 Å². The summed E-state index contributed by atoms with van der Waals surface area (Å²) in [4.78, 5) is 5.00. The first-order valence-electron chi connectivity index (χ1n) is 7.20. The molecule has 1 heterocycles. The normalized spacial score (nSPS) is 26.1. The minimum atomic E-state index is 0.548. The second-order valence-electron chi connectivity index (χ2n) is 5.79. The fourth-order valence-corrected chi connectivity index (χ4v) is 3.19. The van der Waals surface area contributed by atoms with Crippen molar-refractivity contribution >= 4 is 0 Å². The maximum atomic E-state index is 5.99. The molecule has 0 aromatic rings. The molecule has 1 aliphatic rings. The maximum Gasteiger partial charge on any atom is 0.0244 e. The molecule has 0 radical (unpaired) electrons. The van der Waals surface area contributed by atoms with Crippen LogP contribution in [0.3, 0.4) is 0 Å². The molecule has 1 saturated heterocycles. The molecule has 0 aromatic carbocycles. The highest BCUT2D eigenvalue weighted by Gasteiger charge is 2.28. The van der Waals surface area contributed by atoms with Crippen molar-refractivity contribution < 1.29 is 0 Å². The van der Waals surface area contributed by atoms with E-state index >= 15 is 0 Å². The van der Waals surface area contributed by atoms with Crippen molar-refractivity contribution in [2.45, 2.75) is 51.6 Å². The van der Waals surface area contributed by atoms with Crippen LogP contribution in [-0.4, -0.2) is 55.6 Å². The molecule has 0 aliphatic carbocycles. The average Bonchev–Trinajstić information content (AvgIpc) is 2.30. The highest BCUT2D eigenvalue weighted by atomic mass is 15.2. The smallest absolute Gasteiger partial charge is 0.0244 e. The fraction of sp³-hybridized carbons (Fsp3) is 1.00. The second-order valence-corrected chi connectivity index (χ2v) is 5.79. The number of nitrogens with zero attached hydrogens (tertiary/aromatic N) is 2. The Morgan fingerprint density at radius 1 is 1.47 bits per heavy atom. The van der Waals surface area contributed by atoms with Gasteiger partial charge < -0.3 is 10.6 Å². The lowest BCUT2D eigenvalue weighted by molar-refractivity contribution is 0.0764. The van der Waals surface area contributed by atoms with Gasteiger partial charge in [-0.3, -0.25) is 4.90 Å². The Morgan fingerprint density at radius 2 is 2.18 bits per heavy atom. The molecule has 0 spiro atoms. The molecule has 0 saturated carbocycles. The van der Waals surface area contributed by atoms with Gasteiger partial charge in [0.25, 0.3) is 0 Å². The van der Waals surface area contributed by atoms with Crippen LogP contribution in [0, 0.1) is 5.92 Å². The molecule has 0 amide bonds. The van der Waals surface area contributed by atoms with Gasteiger partial charge in [0.15, 0.2) is 0 Å². The third kappa shape index (κ3) is 4.23. The van der Waals surface area contributed by atoms with Crippen molar-refractivity contribution in [3.05, 3.63) is 0 Å². The van der Waals surface area contributed by atoms with Crippen LogP contribution in [0.25, 0.3) is 0 Å². The van der Waals surface area contributed by atoms with Crippen LogP contribution in [0.5, 0.6) is 0 Å². The predicted octanol–water partition coefficient (Wildman–Crippen LogP) is 1.78. The van der Waals surface area contributed by atoms with Crippen LogP contribution in [0.4, 0.5) is 0 Å². The van der Waals surface area contributed by atoms with Crippen molar-refractivity contribution in [3.8, 4) is 0 Å². The van der Waals surface area contributed by atoms with Crippen LogP contribution >= 0.6 is 0 Å². The second kappa shape index (κ2) is 7.34. The van der Waals surface area contributed by atoms with Crippen LogP contribution in [0.15, 0.2) is 0 Å². The van der Waals surface area contributed by atoms with Crippen LogP contribution in [-0.2, 0) is 0 Å². The third-order valence-corrected chi connectivity index (χ3v) is 4.34. The average molecular weight is 241 g/mol. The number of hydrogen-bond donors (Lipinski definition) is 1. The Hall–Kier alpha value is -0.120. The quantitative estimate of drug-likeness (QED) is 0.769. The zero-order chi connectivity index (χ0) is 12.8. The van der Waals surface area contributed by atoms with E-state index in [9.17, 15) is 0 Å². The summed E-state index contributed by atoms with van der Waals surface area (Å²) in [5.41, 5.74) is 5.99. The van der Waals surface area contributed by atoms with E-state index in [0.29, 0.717) is 18.0 Å². The monoisotopic (exact) mass is 241 g/mol. The summed E-state index contributed by atoms with van der Waals surface area (Å²) in [5, 5.41) is 0. The van der Waals surface area contributed by atoms with Crippen molar-refractivity contribution in [1.82, 2.24) is 9.80 Å². The number of likely N-dealkylation sites (tertiary alicyclic amines) is 1. The molecule has 3 nitrogen and oxygen atoms in total. The highest BCUT2D eigenvalue weighted by Crippen LogP contribution is 2.21. The van der Waals surface area contributed by atoms with Gasteiger partial charge in [-0.15, -0.1) is 0 Å². The SMILES string of the molecule is CCCC(C)C(CN)N(C)C1CCCN(C)C1. The minimum absolute atomic E-state index is 0.548. The lowest BCUT2D eigenvalue weighted by atomic mass is 9.93. The molecule has 1 aliphatic heterocycles. The summed E-state index contributed by atoms with van der Waals surface area (Å²) in [7, 11) is 4.50. The first kappa shape index (κ1) is 14.9. The van der Waals surface area contributed by atoms with E-state index in [4.69, 9.17) is 5.73 Å². The van der Waals surface area contributed by atoms with Crippen LogP contribution < -0.4 is 5.73 Å². The Balaban J connectivity index is 2.54. The first-order valence-corrected chi connectivity index (χ1v) is 7.20. The van der Waals surface area contributed by atoms with Crippen molar-refractivity contribution in [3.63, 3.8) is 0 Å². The predicted molar refractivity (Wildman–Crippen MR) is 75.2 cm³/mol. The Labute approximate surface area is 107 Å². The summed E-state index contributed by atoms with van der Waals surface area (Å²) in [6.45, 7) is 7.86. The molecular weight excluding hydrogens is 210 g/mol. The van der Waals surface area contributed by atoms with Gasteiger partial charge in [-0.25, -0.2) is 0 Å². The molecule has 3 heteroatoms. The summed E-state index contributed by atoms with van der Waals surface area (Å²) in [6, 6.07) is 1.24. The molecule has 3 unspecified atom stereocenters. The molecule has 102 valence electrons. The molecule has 2 N–H and O–H groups in total. The zero-order valence-electron chi connectivity index (χ0n) is 12.2. The van der Waals surface area contributed by atoms with E-state index in [1.807, 2.05) is 0 Å². The molecule has 1 rings (SSSR count). The maximum absolute atomic E-state index is 5.99. The molecule has 1 fully saturated rings. The summed E-state index contributed by atoms with van der Waals surface area (Å²) in [5.74, 6) is 0.710. The van der Waals surface area contributed by atoms with Gasteiger partial charge >= 0.3 is 0 Å². The summed E-state index contributed by atoms with van der Waals surface area (Å²) < 4.78 is 0. The van der Waals surface area contributed by atoms with E-state index in [1.165, 1.54) is 38.8 Å². The fourth-order valence-electron chi connectivity index (χ4n) is 3.19. The number of likely N-dealkylation sites (N-methyl/N-ethyl adjacent to an activating group) is 2. The molecule has 0 bridgehead atoms. The minimum Gasteiger partial charge on any atom is -0.329 e. The first-order chi connectivity index (χ1) is 8.10. The van der Waals surface area contributed by atoms with Gasteiger partial charge in [0.1, 0.15) is 0 Å². The Bertz CT molecular complexity index is 208. The van der Waals surface area contributed by atoms with Crippen molar-refractivity contribution in [1.29, 1.82) is 0 Å². The summed E-state index contributed by atoms with van der Waals surface area (Å²) in [6.07, 6.45) is 5.20. The lowest BCUT2D eigenvalue weighted by Gasteiger charge is -2.41. The van der Waals surface area contributed by atoms with E-state index in [2.05, 4.69) is 37.7 Å². The summed E-state index contributed by atoms with van der Waals surface area (Å²) >= 11 is 0. The van der Waals surface area contributed by atoms with Crippen LogP contribution in [0.2, 0.25) is 0 Å². The Morgan fingerprint density at radius 3 is 2.71 bits per heavy atom. The van der Waals surface area contributed by atoms with Gasteiger partial charge in [0.05, 0.1) is 0 Å². The number of hydrogen-bond acceptors (Lipinski definition) is 3. The molecule has 17 heavy (non-hydrogen) atoms. The van der Waals surface area contributed by atoms with Gasteiger partial charge in [-0.2, -0.15) is 0 Å². The largest absolute Gasteiger partial charge is 0.329 e.